The molecule has 0 aromatic carbocycles. The van der Waals surface area contributed by atoms with Crippen molar-refractivity contribution in [2.45, 2.75) is 38.5 Å². The number of carbonyl (C=O) groups excluding carboxylic acids is 1. The summed E-state index contributed by atoms with van der Waals surface area (Å²) >= 11 is 0. The third kappa shape index (κ3) is 2.40. The van der Waals surface area contributed by atoms with Gasteiger partial charge in [0.2, 0.25) is 5.91 Å². The van der Waals surface area contributed by atoms with E-state index in [9.17, 15) is 4.79 Å². The molecule has 0 spiro atoms. The molecule has 92 valence electrons. The van der Waals surface area contributed by atoms with E-state index in [-0.39, 0.29) is 0 Å². The van der Waals surface area contributed by atoms with Crippen molar-refractivity contribution < 1.29 is 4.79 Å². The minimum atomic E-state index is 0.397. The van der Waals surface area contributed by atoms with Crippen LogP contribution in [0.4, 0.5) is 0 Å². The van der Waals surface area contributed by atoms with Gasteiger partial charge >= 0.3 is 0 Å². The summed E-state index contributed by atoms with van der Waals surface area (Å²) < 4.78 is 0. The van der Waals surface area contributed by atoms with Crippen LogP contribution in [0, 0.1) is 17.8 Å². The molecule has 2 rings (SSSR count). The third-order valence-electron chi connectivity index (χ3n) is 4.27. The van der Waals surface area contributed by atoms with E-state index in [4.69, 9.17) is 5.73 Å². The molecule has 0 aromatic heterocycles. The van der Waals surface area contributed by atoms with Crippen LogP contribution in [0.1, 0.15) is 38.5 Å². The molecule has 2 saturated carbocycles. The average Bonchev–Trinajstić information content (AvgIpc) is 2.76. The van der Waals surface area contributed by atoms with Crippen molar-refractivity contribution in [3.8, 4) is 0 Å². The van der Waals surface area contributed by atoms with Gasteiger partial charge in [0.15, 0.2) is 0 Å². The first-order valence-corrected chi connectivity index (χ1v) is 6.70. The molecule has 3 heteroatoms. The fourth-order valence-corrected chi connectivity index (χ4v) is 3.22. The molecule has 2 unspecified atom stereocenters. The molecule has 2 fully saturated rings. The van der Waals surface area contributed by atoms with Crippen LogP contribution < -0.4 is 5.73 Å². The summed E-state index contributed by atoms with van der Waals surface area (Å²) in [6.45, 7) is 1.68. The molecule has 0 aromatic rings. The van der Waals surface area contributed by atoms with Crippen molar-refractivity contribution in [1.29, 1.82) is 0 Å². The number of carbonyl (C=O) groups is 1. The van der Waals surface area contributed by atoms with Gasteiger partial charge in [-0.1, -0.05) is 12.8 Å². The molecule has 0 heterocycles. The fraction of sp³-hybridized carbons (Fsp3) is 0.923. The van der Waals surface area contributed by atoms with Gasteiger partial charge < -0.3 is 10.6 Å². The highest BCUT2D eigenvalue weighted by Gasteiger charge is 2.57. The third-order valence-corrected chi connectivity index (χ3v) is 4.27. The Bertz CT molecular complexity index is 244. The second-order valence-electron chi connectivity index (χ2n) is 5.39. The first-order chi connectivity index (χ1) is 7.75. The van der Waals surface area contributed by atoms with E-state index in [2.05, 4.69) is 0 Å². The van der Waals surface area contributed by atoms with Gasteiger partial charge in [-0.15, -0.1) is 0 Å². The number of nitrogens with zero attached hydrogens (tertiary/aromatic N) is 1. The van der Waals surface area contributed by atoms with Crippen LogP contribution in [-0.4, -0.2) is 30.9 Å². The van der Waals surface area contributed by atoms with Crippen molar-refractivity contribution in [1.82, 2.24) is 4.90 Å². The number of nitrogens with two attached hydrogens (primary N) is 1. The van der Waals surface area contributed by atoms with E-state index in [1.54, 1.807) is 0 Å². The van der Waals surface area contributed by atoms with Crippen LogP contribution in [0.25, 0.3) is 0 Å². The molecule has 0 radical (unpaired) electrons. The second-order valence-corrected chi connectivity index (χ2v) is 5.39. The van der Waals surface area contributed by atoms with E-state index >= 15 is 0 Å². The monoisotopic (exact) mass is 224 g/mol. The zero-order valence-electron chi connectivity index (χ0n) is 10.3. The summed E-state index contributed by atoms with van der Waals surface area (Å²) in [4.78, 5) is 14.0. The molecular formula is C13H24N2O. The smallest absolute Gasteiger partial charge is 0.226 e. The van der Waals surface area contributed by atoms with E-state index in [1.807, 2.05) is 11.9 Å². The highest BCUT2D eigenvalue weighted by atomic mass is 16.2. The summed E-state index contributed by atoms with van der Waals surface area (Å²) in [7, 11) is 1.96. The SMILES string of the molecule is CN(CCCCCN)C(=O)C1C2CCCC21. The minimum Gasteiger partial charge on any atom is -0.346 e. The normalized spacial score (nSPS) is 31.2. The molecule has 1 amide bonds. The van der Waals surface area contributed by atoms with Crippen LogP contribution in [-0.2, 0) is 4.79 Å². The van der Waals surface area contributed by atoms with Crippen LogP contribution in [0.2, 0.25) is 0 Å². The van der Waals surface area contributed by atoms with E-state index in [0.717, 1.165) is 44.2 Å². The molecule has 0 bridgehead atoms. The van der Waals surface area contributed by atoms with E-state index in [1.165, 1.54) is 19.3 Å². The molecule has 2 atom stereocenters. The van der Waals surface area contributed by atoms with Crippen LogP contribution in [0.5, 0.6) is 0 Å². The highest BCUT2D eigenvalue weighted by Crippen LogP contribution is 2.57. The molecule has 0 aliphatic heterocycles. The van der Waals surface area contributed by atoms with Crippen molar-refractivity contribution in [2.24, 2.45) is 23.5 Å². The van der Waals surface area contributed by atoms with Gasteiger partial charge in [-0.2, -0.15) is 0 Å². The summed E-state index contributed by atoms with van der Waals surface area (Å²) in [5.41, 5.74) is 5.44. The summed E-state index contributed by atoms with van der Waals surface area (Å²) in [6.07, 6.45) is 7.26. The van der Waals surface area contributed by atoms with Gasteiger partial charge in [0.1, 0.15) is 0 Å². The summed E-state index contributed by atoms with van der Waals surface area (Å²) in [5.74, 6) is 2.30. The lowest BCUT2D eigenvalue weighted by Crippen LogP contribution is -2.30. The maximum atomic E-state index is 12.1. The first-order valence-electron chi connectivity index (χ1n) is 6.70. The lowest BCUT2D eigenvalue weighted by molar-refractivity contribution is -0.132. The molecule has 3 nitrogen and oxygen atoms in total. The Labute approximate surface area is 98.4 Å². The molecule has 0 saturated heterocycles. The van der Waals surface area contributed by atoms with Gasteiger partial charge in [-0.3, -0.25) is 4.79 Å². The maximum absolute atomic E-state index is 12.1. The number of fused-ring (bicyclic) bond motifs is 1. The van der Waals surface area contributed by atoms with Crippen molar-refractivity contribution in [3.05, 3.63) is 0 Å². The average molecular weight is 224 g/mol. The van der Waals surface area contributed by atoms with Crippen LogP contribution >= 0.6 is 0 Å². The van der Waals surface area contributed by atoms with Crippen molar-refractivity contribution in [2.75, 3.05) is 20.1 Å². The zero-order valence-corrected chi connectivity index (χ0v) is 10.3. The number of amides is 1. The zero-order chi connectivity index (χ0) is 11.5. The Morgan fingerprint density at radius 3 is 2.56 bits per heavy atom. The minimum absolute atomic E-state index is 0.397. The first kappa shape index (κ1) is 11.9. The van der Waals surface area contributed by atoms with Gasteiger partial charge in [0.05, 0.1) is 0 Å². The quantitative estimate of drug-likeness (QED) is 0.697. The molecule has 2 aliphatic carbocycles. The largest absolute Gasteiger partial charge is 0.346 e. The van der Waals surface area contributed by atoms with Crippen molar-refractivity contribution >= 4 is 5.91 Å². The number of rotatable bonds is 6. The fourth-order valence-electron chi connectivity index (χ4n) is 3.22. The summed E-state index contributed by atoms with van der Waals surface area (Å²) in [5, 5.41) is 0. The Morgan fingerprint density at radius 1 is 1.25 bits per heavy atom. The van der Waals surface area contributed by atoms with Crippen molar-refractivity contribution in [3.63, 3.8) is 0 Å². The van der Waals surface area contributed by atoms with E-state index in [0.29, 0.717) is 11.8 Å². The number of unbranched alkanes of at least 4 members (excludes halogenated alkanes) is 2. The Hall–Kier alpha value is -0.570. The predicted octanol–water partition coefficient (Wildman–Crippen LogP) is 1.62. The number of hydrogen-bond acceptors (Lipinski definition) is 2. The second kappa shape index (κ2) is 5.17. The molecular weight excluding hydrogens is 200 g/mol. The summed E-state index contributed by atoms with van der Waals surface area (Å²) in [6, 6.07) is 0. The molecule has 2 N–H and O–H groups in total. The van der Waals surface area contributed by atoms with Gasteiger partial charge in [0, 0.05) is 19.5 Å². The van der Waals surface area contributed by atoms with Crippen LogP contribution in [0.15, 0.2) is 0 Å². The van der Waals surface area contributed by atoms with Gasteiger partial charge in [-0.25, -0.2) is 0 Å². The lowest BCUT2D eigenvalue weighted by Gasteiger charge is -2.18. The van der Waals surface area contributed by atoms with Gasteiger partial charge in [0.25, 0.3) is 0 Å². The van der Waals surface area contributed by atoms with E-state index < -0.39 is 0 Å². The highest BCUT2D eigenvalue weighted by molar-refractivity contribution is 5.82. The predicted molar refractivity (Wildman–Crippen MR) is 64.9 cm³/mol. The topological polar surface area (TPSA) is 46.3 Å². The Kier molecular flexibility index (Phi) is 3.85. The Balaban J connectivity index is 1.65. The van der Waals surface area contributed by atoms with Gasteiger partial charge in [-0.05, 0) is 44.1 Å². The molecule has 16 heavy (non-hydrogen) atoms. The molecule has 2 aliphatic rings. The maximum Gasteiger partial charge on any atom is 0.226 e. The number of hydrogen-bond donors (Lipinski definition) is 1. The Morgan fingerprint density at radius 2 is 1.94 bits per heavy atom. The standard InChI is InChI=1S/C13H24N2O/c1-15(9-4-2-3-8-14)13(16)12-10-6-5-7-11(10)12/h10-12H,2-9,14H2,1H3. The lowest BCUT2D eigenvalue weighted by atomic mass is 10.1. The van der Waals surface area contributed by atoms with Crippen LogP contribution in [0.3, 0.4) is 0 Å².